The van der Waals surface area contributed by atoms with Gasteiger partial charge in [0.25, 0.3) is 0 Å². The Morgan fingerprint density at radius 2 is 2.21 bits per heavy atom. The summed E-state index contributed by atoms with van der Waals surface area (Å²) in [6.45, 7) is 2.02. The predicted molar refractivity (Wildman–Crippen MR) is 59.1 cm³/mol. The molecule has 14 heavy (non-hydrogen) atoms. The molecular formula is C11H12ClNO. The van der Waals surface area contributed by atoms with Gasteiger partial charge in [-0.15, -0.1) is 11.6 Å². The molecule has 0 saturated carbocycles. The molecule has 0 aliphatic heterocycles. The highest BCUT2D eigenvalue weighted by molar-refractivity contribution is 6.18. The quantitative estimate of drug-likeness (QED) is 0.755. The SMILES string of the molecule is COc1cccc2c(CCl)c(C)[nH]c12. The van der Waals surface area contributed by atoms with Crippen LogP contribution in [0.5, 0.6) is 5.75 Å². The average molecular weight is 210 g/mol. The minimum atomic E-state index is 0.527. The lowest BCUT2D eigenvalue weighted by atomic mass is 10.1. The van der Waals surface area contributed by atoms with E-state index < -0.39 is 0 Å². The second kappa shape index (κ2) is 3.54. The molecule has 0 radical (unpaired) electrons. The summed E-state index contributed by atoms with van der Waals surface area (Å²) >= 11 is 5.89. The van der Waals surface area contributed by atoms with Crippen molar-refractivity contribution >= 4 is 22.5 Å². The van der Waals surface area contributed by atoms with Crippen LogP contribution in [0.2, 0.25) is 0 Å². The van der Waals surface area contributed by atoms with E-state index in [-0.39, 0.29) is 0 Å². The van der Waals surface area contributed by atoms with Gasteiger partial charge in [-0.05, 0) is 18.6 Å². The van der Waals surface area contributed by atoms with Crippen LogP contribution in [0.25, 0.3) is 10.9 Å². The summed E-state index contributed by atoms with van der Waals surface area (Å²) in [5.41, 5.74) is 3.29. The summed E-state index contributed by atoms with van der Waals surface area (Å²) in [5.74, 6) is 1.39. The van der Waals surface area contributed by atoms with Gasteiger partial charge in [0.2, 0.25) is 0 Å². The third-order valence-electron chi connectivity index (χ3n) is 2.47. The Hall–Kier alpha value is -1.15. The van der Waals surface area contributed by atoms with E-state index in [0.29, 0.717) is 5.88 Å². The Morgan fingerprint density at radius 3 is 2.86 bits per heavy atom. The number of rotatable bonds is 2. The molecule has 2 rings (SSSR count). The number of ether oxygens (including phenoxy) is 1. The van der Waals surface area contributed by atoms with E-state index in [1.54, 1.807) is 7.11 Å². The summed E-state index contributed by atoms with van der Waals surface area (Å²) < 4.78 is 5.27. The molecule has 2 nitrogen and oxygen atoms in total. The second-order valence-corrected chi connectivity index (χ2v) is 3.51. The highest BCUT2D eigenvalue weighted by atomic mass is 35.5. The summed E-state index contributed by atoms with van der Waals surface area (Å²) in [6.07, 6.45) is 0. The highest BCUT2D eigenvalue weighted by Gasteiger charge is 2.09. The zero-order chi connectivity index (χ0) is 10.1. The van der Waals surface area contributed by atoms with Gasteiger partial charge in [0, 0.05) is 17.0 Å². The molecule has 0 aliphatic carbocycles. The number of hydrogen-bond donors (Lipinski definition) is 1. The number of aromatic nitrogens is 1. The van der Waals surface area contributed by atoms with Crippen molar-refractivity contribution in [2.45, 2.75) is 12.8 Å². The van der Waals surface area contributed by atoms with Crippen LogP contribution >= 0.6 is 11.6 Å². The molecule has 0 atom stereocenters. The molecular weight excluding hydrogens is 198 g/mol. The van der Waals surface area contributed by atoms with Crippen molar-refractivity contribution in [2.24, 2.45) is 0 Å². The van der Waals surface area contributed by atoms with Gasteiger partial charge < -0.3 is 9.72 Å². The number of nitrogens with one attached hydrogen (secondary N) is 1. The first kappa shape index (κ1) is 9.41. The van der Waals surface area contributed by atoms with Crippen LogP contribution in [-0.2, 0) is 5.88 Å². The van der Waals surface area contributed by atoms with Gasteiger partial charge in [-0.1, -0.05) is 12.1 Å². The fourth-order valence-corrected chi connectivity index (χ4v) is 2.06. The van der Waals surface area contributed by atoms with Gasteiger partial charge in [0.1, 0.15) is 5.75 Å². The van der Waals surface area contributed by atoms with Gasteiger partial charge >= 0.3 is 0 Å². The van der Waals surface area contributed by atoms with Gasteiger partial charge in [0.15, 0.2) is 0 Å². The van der Waals surface area contributed by atoms with E-state index in [9.17, 15) is 0 Å². The number of hydrogen-bond acceptors (Lipinski definition) is 1. The van der Waals surface area contributed by atoms with Crippen molar-refractivity contribution in [3.8, 4) is 5.75 Å². The van der Waals surface area contributed by atoms with Crippen molar-refractivity contribution in [1.82, 2.24) is 4.98 Å². The van der Waals surface area contributed by atoms with E-state index in [1.807, 2.05) is 19.1 Å². The van der Waals surface area contributed by atoms with Crippen molar-refractivity contribution in [3.63, 3.8) is 0 Å². The first-order valence-corrected chi connectivity index (χ1v) is 5.01. The molecule has 1 N–H and O–H groups in total. The summed E-state index contributed by atoms with van der Waals surface area (Å²) in [4.78, 5) is 3.29. The minimum Gasteiger partial charge on any atom is -0.495 e. The fourth-order valence-electron chi connectivity index (χ4n) is 1.72. The van der Waals surface area contributed by atoms with Crippen LogP contribution in [-0.4, -0.2) is 12.1 Å². The molecule has 0 unspecified atom stereocenters. The third kappa shape index (κ3) is 1.26. The molecule has 0 saturated heterocycles. The van der Waals surface area contributed by atoms with Crippen molar-refractivity contribution in [2.75, 3.05) is 7.11 Å². The number of aromatic amines is 1. The maximum Gasteiger partial charge on any atom is 0.142 e. The molecule has 0 aliphatic rings. The predicted octanol–water partition coefficient (Wildman–Crippen LogP) is 3.22. The van der Waals surface area contributed by atoms with Crippen LogP contribution in [0, 0.1) is 6.92 Å². The normalized spacial score (nSPS) is 10.8. The monoisotopic (exact) mass is 209 g/mol. The number of H-pyrrole nitrogens is 1. The fraction of sp³-hybridized carbons (Fsp3) is 0.273. The number of benzene rings is 1. The maximum atomic E-state index is 5.89. The van der Waals surface area contributed by atoms with E-state index in [2.05, 4.69) is 11.1 Å². The van der Waals surface area contributed by atoms with Gasteiger partial charge in [-0.2, -0.15) is 0 Å². The first-order chi connectivity index (χ1) is 6.77. The van der Waals surface area contributed by atoms with Gasteiger partial charge in [-0.25, -0.2) is 0 Å². The van der Waals surface area contributed by atoms with Crippen LogP contribution in [0.3, 0.4) is 0 Å². The first-order valence-electron chi connectivity index (χ1n) is 4.48. The minimum absolute atomic E-state index is 0.527. The second-order valence-electron chi connectivity index (χ2n) is 3.25. The number of methoxy groups -OCH3 is 1. The Kier molecular flexibility index (Phi) is 2.38. The molecule has 74 valence electrons. The lowest BCUT2D eigenvalue weighted by Crippen LogP contribution is -1.83. The molecule has 1 aromatic heterocycles. The van der Waals surface area contributed by atoms with Crippen molar-refractivity contribution in [1.29, 1.82) is 0 Å². The van der Waals surface area contributed by atoms with Crippen LogP contribution in [0.4, 0.5) is 0 Å². The molecule has 0 amide bonds. The molecule has 3 heteroatoms. The molecule has 0 fully saturated rings. The number of para-hydroxylation sites is 1. The Labute approximate surface area is 87.8 Å². The molecule has 1 aromatic carbocycles. The van der Waals surface area contributed by atoms with Gasteiger partial charge in [0.05, 0.1) is 12.6 Å². The van der Waals surface area contributed by atoms with Crippen molar-refractivity contribution in [3.05, 3.63) is 29.5 Å². The van der Waals surface area contributed by atoms with Crippen LogP contribution in [0.1, 0.15) is 11.3 Å². The van der Waals surface area contributed by atoms with Gasteiger partial charge in [-0.3, -0.25) is 0 Å². The lowest BCUT2D eigenvalue weighted by Gasteiger charge is -2.00. The topological polar surface area (TPSA) is 25.0 Å². The Morgan fingerprint density at radius 1 is 1.43 bits per heavy atom. The van der Waals surface area contributed by atoms with Crippen molar-refractivity contribution < 1.29 is 4.74 Å². The number of fused-ring (bicyclic) bond motifs is 1. The summed E-state index contributed by atoms with van der Waals surface area (Å²) in [5, 5.41) is 1.15. The smallest absolute Gasteiger partial charge is 0.142 e. The highest BCUT2D eigenvalue weighted by Crippen LogP contribution is 2.30. The number of halogens is 1. The van der Waals surface area contributed by atoms with E-state index >= 15 is 0 Å². The Balaban J connectivity index is 2.79. The number of aryl methyl sites for hydroxylation is 1. The lowest BCUT2D eigenvalue weighted by molar-refractivity contribution is 0.419. The van der Waals surface area contributed by atoms with E-state index in [0.717, 1.165) is 27.9 Å². The van der Waals surface area contributed by atoms with Crippen LogP contribution < -0.4 is 4.74 Å². The maximum absolute atomic E-state index is 5.89. The van der Waals surface area contributed by atoms with E-state index in [1.165, 1.54) is 0 Å². The zero-order valence-corrected chi connectivity index (χ0v) is 8.98. The van der Waals surface area contributed by atoms with Crippen LogP contribution in [0.15, 0.2) is 18.2 Å². The largest absolute Gasteiger partial charge is 0.495 e. The molecule has 0 spiro atoms. The zero-order valence-electron chi connectivity index (χ0n) is 8.23. The number of alkyl halides is 1. The standard InChI is InChI=1S/C11H12ClNO/c1-7-9(6-12)8-4-3-5-10(14-2)11(8)13-7/h3-5,13H,6H2,1-2H3. The molecule has 2 aromatic rings. The Bertz CT molecular complexity index is 462. The average Bonchev–Trinajstić information content (AvgIpc) is 2.52. The molecule has 1 heterocycles. The molecule has 0 bridgehead atoms. The summed E-state index contributed by atoms with van der Waals surface area (Å²) in [7, 11) is 1.67. The van der Waals surface area contributed by atoms with E-state index in [4.69, 9.17) is 16.3 Å². The third-order valence-corrected chi connectivity index (χ3v) is 2.74. The summed E-state index contributed by atoms with van der Waals surface area (Å²) in [6, 6.07) is 5.97.